The van der Waals surface area contributed by atoms with Crippen LogP contribution in [-0.2, 0) is 23.1 Å². The van der Waals surface area contributed by atoms with E-state index < -0.39 is 10.0 Å². The highest BCUT2D eigenvalue weighted by atomic mass is 32.2. The molecular weight excluding hydrogens is 292 g/mol. The van der Waals surface area contributed by atoms with Crippen LogP contribution in [0, 0.1) is 0 Å². The molecule has 2 heterocycles. The van der Waals surface area contributed by atoms with Crippen molar-refractivity contribution < 1.29 is 13.2 Å². The highest BCUT2D eigenvalue weighted by molar-refractivity contribution is 7.89. The van der Waals surface area contributed by atoms with Gasteiger partial charge in [0, 0.05) is 25.5 Å². The van der Waals surface area contributed by atoms with Crippen molar-refractivity contribution >= 4 is 15.7 Å². The molecule has 3 rings (SSSR count). The number of ether oxygens (including phenoxy) is 1. The molecule has 1 aromatic heterocycles. The monoisotopic (exact) mass is 308 g/mol. The zero-order valence-corrected chi connectivity index (χ0v) is 12.4. The second kappa shape index (κ2) is 5.05. The van der Waals surface area contributed by atoms with Gasteiger partial charge in [0.2, 0.25) is 10.0 Å². The van der Waals surface area contributed by atoms with Crippen molar-refractivity contribution in [3.63, 3.8) is 0 Å². The summed E-state index contributed by atoms with van der Waals surface area (Å²) < 4.78 is 33.7. The molecule has 8 heteroatoms. The first kappa shape index (κ1) is 13.9. The van der Waals surface area contributed by atoms with Crippen LogP contribution in [0.4, 0.5) is 5.69 Å². The number of fused-ring (bicyclic) bond motifs is 1. The third-order valence-corrected chi connectivity index (χ3v) is 5.39. The zero-order valence-electron chi connectivity index (χ0n) is 11.6. The third kappa shape index (κ3) is 2.36. The molecule has 0 radical (unpaired) electrons. The molecule has 0 spiro atoms. The van der Waals surface area contributed by atoms with Crippen LogP contribution >= 0.6 is 0 Å². The summed E-state index contributed by atoms with van der Waals surface area (Å²) in [4.78, 5) is 4.34. The molecule has 2 aromatic rings. The molecule has 7 nitrogen and oxygen atoms in total. The normalized spacial score (nSPS) is 15.7. The van der Waals surface area contributed by atoms with E-state index >= 15 is 0 Å². The van der Waals surface area contributed by atoms with Gasteiger partial charge in [-0.3, -0.25) is 0 Å². The van der Waals surface area contributed by atoms with E-state index in [2.05, 4.69) is 4.98 Å². The van der Waals surface area contributed by atoms with E-state index in [0.29, 0.717) is 24.5 Å². The van der Waals surface area contributed by atoms with Crippen LogP contribution in [0.2, 0.25) is 0 Å². The summed E-state index contributed by atoms with van der Waals surface area (Å²) in [7, 11) is -2.10. The molecule has 1 aliphatic rings. The van der Waals surface area contributed by atoms with E-state index in [-0.39, 0.29) is 11.4 Å². The molecule has 0 unspecified atom stereocenters. The van der Waals surface area contributed by atoms with Crippen LogP contribution in [0.25, 0.3) is 0 Å². The van der Waals surface area contributed by atoms with Gasteiger partial charge in [-0.1, -0.05) is 0 Å². The number of imidazole rings is 1. The summed E-state index contributed by atoms with van der Waals surface area (Å²) in [6.45, 7) is 1.28. The fourth-order valence-electron chi connectivity index (χ4n) is 2.38. The van der Waals surface area contributed by atoms with Crippen LogP contribution in [0.15, 0.2) is 35.5 Å². The Labute approximate surface area is 123 Å². The lowest BCUT2D eigenvalue weighted by Gasteiger charge is -2.27. The van der Waals surface area contributed by atoms with Crippen molar-refractivity contribution in [2.75, 3.05) is 19.4 Å². The Hall–Kier alpha value is -2.06. The molecule has 0 saturated carbocycles. The molecule has 1 aliphatic heterocycles. The lowest BCUT2D eigenvalue weighted by Crippen LogP contribution is -2.38. The number of nitrogen functional groups attached to an aromatic ring is 1. The average Bonchev–Trinajstić information content (AvgIpc) is 2.94. The maximum Gasteiger partial charge on any atom is 0.243 e. The van der Waals surface area contributed by atoms with Crippen molar-refractivity contribution in [1.82, 2.24) is 13.9 Å². The van der Waals surface area contributed by atoms with Crippen LogP contribution in [0.3, 0.4) is 0 Å². The molecule has 0 amide bonds. The molecule has 0 bridgehead atoms. The molecule has 2 N–H and O–H groups in total. The predicted molar refractivity (Wildman–Crippen MR) is 77.2 cm³/mol. The minimum Gasteiger partial charge on any atom is -0.495 e. The van der Waals surface area contributed by atoms with E-state index in [1.165, 1.54) is 23.5 Å². The standard InChI is InChI=1S/C13H16N4O3S/c1-20-12-3-2-10(8-11(12)14)21(18,19)17-7-6-16-5-4-15-13(16)9-17/h2-5,8H,6-7,9,14H2,1H3. The molecular formula is C13H16N4O3S. The summed E-state index contributed by atoms with van der Waals surface area (Å²) in [5.74, 6) is 1.20. The number of benzene rings is 1. The minimum absolute atomic E-state index is 0.167. The van der Waals surface area contributed by atoms with Gasteiger partial charge in [-0.05, 0) is 18.2 Å². The Bertz CT molecular complexity index is 769. The number of hydrogen-bond donors (Lipinski definition) is 1. The van der Waals surface area contributed by atoms with Crippen LogP contribution in [0.5, 0.6) is 5.75 Å². The van der Waals surface area contributed by atoms with Gasteiger partial charge in [0.15, 0.2) is 0 Å². The summed E-state index contributed by atoms with van der Waals surface area (Å²) in [6.07, 6.45) is 3.53. The fourth-order valence-corrected chi connectivity index (χ4v) is 3.80. The first-order chi connectivity index (χ1) is 10.0. The number of rotatable bonds is 3. The number of hydrogen-bond acceptors (Lipinski definition) is 5. The fraction of sp³-hybridized carbons (Fsp3) is 0.308. The van der Waals surface area contributed by atoms with Crippen LogP contribution in [0.1, 0.15) is 5.82 Å². The number of nitrogens with zero attached hydrogens (tertiary/aromatic N) is 3. The second-order valence-electron chi connectivity index (χ2n) is 4.78. The van der Waals surface area contributed by atoms with Crippen molar-refractivity contribution in [3.05, 3.63) is 36.4 Å². The van der Waals surface area contributed by atoms with Crippen molar-refractivity contribution in [2.24, 2.45) is 0 Å². The van der Waals surface area contributed by atoms with Gasteiger partial charge in [0.25, 0.3) is 0 Å². The molecule has 0 aliphatic carbocycles. The highest BCUT2D eigenvalue weighted by Crippen LogP contribution is 2.27. The van der Waals surface area contributed by atoms with E-state index in [1.54, 1.807) is 12.3 Å². The van der Waals surface area contributed by atoms with Gasteiger partial charge in [-0.25, -0.2) is 13.4 Å². The molecule has 112 valence electrons. The van der Waals surface area contributed by atoms with Gasteiger partial charge < -0.3 is 15.0 Å². The van der Waals surface area contributed by atoms with E-state index in [4.69, 9.17) is 10.5 Å². The quantitative estimate of drug-likeness (QED) is 0.842. The number of aromatic nitrogens is 2. The summed E-state index contributed by atoms with van der Waals surface area (Å²) in [5.41, 5.74) is 6.10. The number of methoxy groups -OCH3 is 1. The van der Waals surface area contributed by atoms with Crippen molar-refractivity contribution in [1.29, 1.82) is 0 Å². The Morgan fingerprint density at radius 2 is 2.14 bits per heavy atom. The Kier molecular flexibility index (Phi) is 3.34. The summed E-state index contributed by atoms with van der Waals surface area (Å²) in [6, 6.07) is 4.49. The first-order valence-electron chi connectivity index (χ1n) is 6.46. The average molecular weight is 308 g/mol. The van der Waals surface area contributed by atoms with Gasteiger partial charge in [0.1, 0.15) is 11.6 Å². The summed E-state index contributed by atoms with van der Waals surface area (Å²) >= 11 is 0. The summed E-state index contributed by atoms with van der Waals surface area (Å²) in [5, 5.41) is 0. The first-order valence-corrected chi connectivity index (χ1v) is 7.90. The third-order valence-electron chi connectivity index (χ3n) is 3.55. The highest BCUT2D eigenvalue weighted by Gasteiger charge is 2.29. The molecule has 21 heavy (non-hydrogen) atoms. The van der Waals surface area contributed by atoms with Gasteiger partial charge >= 0.3 is 0 Å². The lowest BCUT2D eigenvalue weighted by molar-refractivity contribution is 0.335. The van der Waals surface area contributed by atoms with Crippen LogP contribution in [-0.4, -0.2) is 35.9 Å². The van der Waals surface area contributed by atoms with Gasteiger partial charge in [0.05, 0.1) is 24.2 Å². The molecule has 0 atom stereocenters. The van der Waals surface area contributed by atoms with Gasteiger partial charge in [-0.2, -0.15) is 4.31 Å². The van der Waals surface area contributed by atoms with Crippen molar-refractivity contribution in [3.8, 4) is 5.75 Å². The number of anilines is 1. The second-order valence-corrected chi connectivity index (χ2v) is 6.72. The minimum atomic E-state index is -3.59. The molecule has 0 saturated heterocycles. The van der Waals surface area contributed by atoms with Gasteiger partial charge in [-0.15, -0.1) is 0 Å². The maximum absolute atomic E-state index is 12.7. The lowest BCUT2D eigenvalue weighted by atomic mass is 10.3. The number of sulfonamides is 1. The van der Waals surface area contributed by atoms with Crippen molar-refractivity contribution in [2.45, 2.75) is 18.0 Å². The Morgan fingerprint density at radius 3 is 2.86 bits per heavy atom. The maximum atomic E-state index is 12.7. The Morgan fingerprint density at radius 1 is 1.33 bits per heavy atom. The molecule has 1 aromatic carbocycles. The van der Waals surface area contributed by atoms with E-state index in [0.717, 1.165) is 5.82 Å². The topological polar surface area (TPSA) is 90.5 Å². The Balaban J connectivity index is 1.93. The SMILES string of the molecule is COc1ccc(S(=O)(=O)N2CCn3ccnc3C2)cc1N. The number of nitrogens with two attached hydrogens (primary N) is 1. The largest absolute Gasteiger partial charge is 0.495 e. The molecule has 0 fully saturated rings. The van der Waals surface area contributed by atoms with E-state index in [9.17, 15) is 8.42 Å². The predicted octanol–water partition coefficient (Wildman–Crippen LogP) is 0.678. The van der Waals surface area contributed by atoms with Crippen LogP contribution < -0.4 is 10.5 Å². The smallest absolute Gasteiger partial charge is 0.243 e. The van der Waals surface area contributed by atoms with E-state index in [1.807, 2.05) is 10.8 Å². The zero-order chi connectivity index (χ0) is 15.0.